The molecule has 2 aromatic rings. The summed E-state index contributed by atoms with van der Waals surface area (Å²) in [6.07, 6.45) is 9.76. The Bertz CT molecular complexity index is 642. The number of fused-ring (bicyclic) bond motifs is 1. The Morgan fingerprint density at radius 2 is 2.20 bits per heavy atom. The van der Waals surface area contributed by atoms with E-state index in [0.717, 1.165) is 36.7 Å². The van der Waals surface area contributed by atoms with Gasteiger partial charge in [-0.25, -0.2) is 9.97 Å². The molecule has 0 unspecified atom stereocenters. The molecule has 2 heterocycles. The zero-order chi connectivity index (χ0) is 13.5. The molecule has 2 aliphatic carbocycles. The molecule has 5 nitrogen and oxygen atoms in total. The summed E-state index contributed by atoms with van der Waals surface area (Å²) in [7, 11) is 0. The van der Waals surface area contributed by atoms with Gasteiger partial charge in [0, 0.05) is 29.9 Å². The van der Waals surface area contributed by atoms with E-state index in [4.69, 9.17) is 9.97 Å². The molecule has 20 heavy (non-hydrogen) atoms. The van der Waals surface area contributed by atoms with Crippen molar-refractivity contribution in [1.29, 1.82) is 0 Å². The molecule has 0 saturated heterocycles. The standard InChI is InChI=1S/C15H19N5/c1-2-20-9-11(8-16-20)17-15-12-4-3-5-13(12)18-14(19-15)10-6-7-10/h8-10H,2-7H2,1H3,(H,17,18,19). The lowest BCUT2D eigenvalue weighted by Crippen LogP contribution is -2.05. The van der Waals surface area contributed by atoms with Gasteiger partial charge in [0.25, 0.3) is 0 Å². The lowest BCUT2D eigenvalue weighted by atomic mass is 10.2. The minimum atomic E-state index is 0.597. The Morgan fingerprint density at radius 1 is 1.30 bits per heavy atom. The van der Waals surface area contributed by atoms with E-state index in [1.165, 1.54) is 30.5 Å². The highest BCUT2D eigenvalue weighted by Crippen LogP contribution is 2.40. The van der Waals surface area contributed by atoms with Gasteiger partial charge >= 0.3 is 0 Å². The van der Waals surface area contributed by atoms with Gasteiger partial charge < -0.3 is 5.32 Å². The zero-order valence-electron chi connectivity index (χ0n) is 11.8. The summed E-state index contributed by atoms with van der Waals surface area (Å²) in [6, 6.07) is 0. The molecule has 0 aromatic carbocycles. The number of hydrogen-bond donors (Lipinski definition) is 1. The molecule has 2 aromatic heterocycles. The fraction of sp³-hybridized carbons (Fsp3) is 0.533. The van der Waals surface area contributed by atoms with Crippen LogP contribution in [0, 0.1) is 0 Å². The molecule has 1 saturated carbocycles. The van der Waals surface area contributed by atoms with Crippen LogP contribution >= 0.6 is 0 Å². The average molecular weight is 269 g/mol. The third-order valence-corrected chi connectivity index (χ3v) is 4.11. The van der Waals surface area contributed by atoms with Crippen molar-refractivity contribution in [3.8, 4) is 0 Å². The molecular weight excluding hydrogens is 250 g/mol. The van der Waals surface area contributed by atoms with Crippen molar-refractivity contribution in [2.45, 2.75) is 51.5 Å². The first-order chi connectivity index (χ1) is 9.83. The first-order valence-corrected chi connectivity index (χ1v) is 7.52. The van der Waals surface area contributed by atoms with Gasteiger partial charge in [-0.1, -0.05) is 0 Å². The van der Waals surface area contributed by atoms with Crippen LogP contribution in [0.15, 0.2) is 12.4 Å². The van der Waals surface area contributed by atoms with Gasteiger partial charge in [0.15, 0.2) is 0 Å². The van der Waals surface area contributed by atoms with Gasteiger partial charge in [0.2, 0.25) is 0 Å². The Balaban J connectivity index is 1.69. The monoisotopic (exact) mass is 269 g/mol. The first kappa shape index (κ1) is 11.9. The summed E-state index contributed by atoms with van der Waals surface area (Å²) in [5, 5.41) is 7.75. The fourth-order valence-electron chi connectivity index (χ4n) is 2.82. The highest BCUT2D eigenvalue weighted by molar-refractivity contribution is 5.60. The third kappa shape index (κ3) is 2.07. The third-order valence-electron chi connectivity index (χ3n) is 4.11. The Labute approximate surface area is 118 Å². The number of nitrogens with zero attached hydrogens (tertiary/aromatic N) is 4. The van der Waals surface area contributed by atoms with Crippen LogP contribution < -0.4 is 5.32 Å². The predicted octanol–water partition coefficient (Wildman–Crippen LogP) is 2.80. The normalized spacial score (nSPS) is 17.2. The second-order valence-electron chi connectivity index (χ2n) is 5.69. The van der Waals surface area contributed by atoms with E-state index in [2.05, 4.69) is 17.3 Å². The van der Waals surface area contributed by atoms with E-state index in [1.807, 2.05) is 17.1 Å². The second-order valence-corrected chi connectivity index (χ2v) is 5.69. The highest BCUT2D eigenvalue weighted by atomic mass is 15.3. The van der Waals surface area contributed by atoms with E-state index >= 15 is 0 Å². The summed E-state index contributed by atoms with van der Waals surface area (Å²) in [5.41, 5.74) is 3.58. The van der Waals surface area contributed by atoms with Crippen molar-refractivity contribution in [1.82, 2.24) is 19.7 Å². The Hall–Kier alpha value is -1.91. The smallest absolute Gasteiger partial charge is 0.137 e. The molecule has 2 aliphatic rings. The van der Waals surface area contributed by atoms with Gasteiger partial charge in [-0.2, -0.15) is 5.10 Å². The predicted molar refractivity (Wildman–Crippen MR) is 77.2 cm³/mol. The maximum Gasteiger partial charge on any atom is 0.137 e. The first-order valence-electron chi connectivity index (χ1n) is 7.52. The lowest BCUT2D eigenvalue weighted by Gasteiger charge is -2.10. The van der Waals surface area contributed by atoms with E-state index in [0.29, 0.717) is 5.92 Å². The minimum absolute atomic E-state index is 0.597. The van der Waals surface area contributed by atoms with Crippen LogP contribution in [0.1, 0.15) is 49.2 Å². The van der Waals surface area contributed by atoms with Crippen LogP contribution in [0.5, 0.6) is 0 Å². The van der Waals surface area contributed by atoms with E-state index < -0.39 is 0 Å². The quantitative estimate of drug-likeness (QED) is 0.927. The number of hydrogen-bond acceptors (Lipinski definition) is 4. The minimum Gasteiger partial charge on any atom is -0.337 e. The molecule has 1 fully saturated rings. The molecule has 0 bridgehead atoms. The van der Waals surface area contributed by atoms with Gasteiger partial charge in [-0.15, -0.1) is 0 Å². The number of anilines is 2. The van der Waals surface area contributed by atoms with Crippen LogP contribution in [0.4, 0.5) is 11.5 Å². The van der Waals surface area contributed by atoms with Crippen LogP contribution in [0.25, 0.3) is 0 Å². The van der Waals surface area contributed by atoms with E-state index in [1.54, 1.807) is 0 Å². The van der Waals surface area contributed by atoms with E-state index in [9.17, 15) is 0 Å². The van der Waals surface area contributed by atoms with Crippen molar-refractivity contribution in [3.63, 3.8) is 0 Å². The molecule has 0 aliphatic heterocycles. The van der Waals surface area contributed by atoms with Gasteiger partial charge in [-0.05, 0) is 39.0 Å². The Morgan fingerprint density at radius 3 is 2.95 bits per heavy atom. The maximum absolute atomic E-state index is 4.78. The molecule has 104 valence electrons. The molecule has 0 amide bonds. The lowest BCUT2D eigenvalue weighted by molar-refractivity contribution is 0.660. The van der Waals surface area contributed by atoms with Gasteiger partial charge in [0.05, 0.1) is 11.9 Å². The molecule has 0 radical (unpaired) electrons. The molecule has 5 heteroatoms. The average Bonchev–Trinajstić information content (AvgIpc) is 3.03. The number of aromatic nitrogens is 4. The van der Waals surface area contributed by atoms with Gasteiger partial charge in [0.1, 0.15) is 11.6 Å². The topological polar surface area (TPSA) is 55.6 Å². The van der Waals surface area contributed by atoms with Crippen molar-refractivity contribution in [3.05, 3.63) is 29.5 Å². The van der Waals surface area contributed by atoms with Crippen molar-refractivity contribution >= 4 is 11.5 Å². The number of rotatable bonds is 4. The Kier molecular flexibility index (Phi) is 2.72. The summed E-state index contributed by atoms with van der Waals surface area (Å²) >= 11 is 0. The van der Waals surface area contributed by atoms with Crippen molar-refractivity contribution in [2.75, 3.05) is 5.32 Å². The second kappa shape index (κ2) is 4.58. The number of nitrogens with one attached hydrogen (secondary N) is 1. The van der Waals surface area contributed by atoms with Crippen molar-refractivity contribution in [2.24, 2.45) is 0 Å². The fourth-order valence-corrected chi connectivity index (χ4v) is 2.82. The molecule has 1 N–H and O–H groups in total. The molecule has 0 atom stereocenters. The number of aryl methyl sites for hydroxylation is 2. The summed E-state index contributed by atoms with van der Waals surface area (Å²) in [5.74, 6) is 2.64. The zero-order valence-corrected chi connectivity index (χ0v) is 11.8. The van der Waals surface area contributed by atoms with Crippen LogP contribution in [0.3, 0.4) is 0 Å². The molecule has 0 spiro atoms. The van der Waals surface area contributed by atoms with Crippen LogP contribution in [-0.4, -0.2) is 19.7 Å². The highest BCUT2D eigenvalue weighted by Gasteiger charge is 2.29. The largest absolute Gasteiger partial charge is 0.337 e. The summed E-state index contributed by atoms with van der Waals surface area (Å²) in [4.78, 5) is 9.54. The van der Waals surface area contributed by atoms with E-state index in [-0.39, 0.29) is 0 Å². The molecule has 4 rings (SSSR count). The summed E-state index contributed by atoms with van der Waals surface area (Å²) in [6.45, 7) is 2.97. The van der Waals surface area contributed by atoms with Gasteiger partial charge in [-0.3, -0.25) is 4.68 Å². The SMILES string of the molecule is CCn1cc(Nc2nc(C3CC3)nc3c2CCC3)cn1. The summed E-state index contributed by atoms with van der Waals surface area (Å²) < 4.78 is 1.92. The van der Waals surface area contributed by atoms with Crippen LogP contribution in [-0.2, 0) is 19.4 Å². The molecular formula is C15H19N5. The van der Waals surface area contributed by atoms with Crippen molar-refractivity contribution < 1.29 is 0 Å². The van der Waals surface area contributed by atoms with Crippen LogP contribution in [0.2, 0.25) is 0 Å². The maximum atomic E-state index is 4.78.